The molecule has 1 amide bonds. The van der Waals surface area contributed by atoms with Gasteiger partial charge in [-0.2, -0.15) is 0 Å². The fraction of sp³-hybridized carbons (Fsp3) is 0.409. The van der Waals surface area contributed by atoms with Crippen molar-refractivity contribution in [2.75, 3.05) is 6.54 Å². The van der Waals surface area contributed by atoms with E-state index in [4.69, 9.17) is 10.5 Å². The quantitative estimate of drug-likeness (QED) is 0.803. The van der Waals surface area contributed by atoms with E-state index in [2.05, 4.69) is 24.4 Å². The minimum atomic E-state index is 0.0615. The van der Waals surface area contributed by atoms with Gasteiger partial charge in [-0.15, -0.1) is 0 Å². The summed E-state index contributed by atoms with van der Waals surface area (Å²) in [6.07, 6.45) is 3.67. The van der Waals surface area contributed by atoms with Gasteiger partial charge in [-0.1, -0.05) is 42.8 Å². The van der Waals surface area contributed by atoms with Crippen LogP contribution in [-0.4, -0.2) is 18.5 Å². The monoisotopic (exact) mass is 352 g/mol. The number of amides is 1. The van der Waals surface area contributed by atoms with Crippen LogP contribution in [0.4, 0.5) is 0 Å². The Morgan fingerprint density at radius 2 is 2.04 bits per heavy atom. The molecule has 1 fully saturated rings. The van der Waals surface area contributed by atoms with Crippen molar-refractivity contribution in [2.45, 2.75) is 45.3 Å². The molecule has 2 unspecified atom stereocenters. The molecule has 0 aliphatic heterocycles. The highest BCUT2D eigenvalue weighted by Gasteiger charge is 2.27. The summed E-state index contributed by atoms with van der Waals surface area (Å²) in [6.45, 7) is 3.26. The van der Waals surface area contributed by atoms with E-state index in [1.807, 2.05) is 36.4 Å². The van der Waals surface area contributed by atoms with Crippen molar-refractivity contribution in [3.63, 3.8) is 0 Å². The average molecular weight is 352 g/mol. The third kappa shape index (κ3) is 4.85. The van der Waals surface area contributed by atoms with Crippen LogP contribution in [0.5, 0.6) is 5.75 Å². The predicted molar refractivity (Wildman–Crippen MR) is 104 cm³/mol. The van der Waals surface area contributed by atoms with Crippen molar-refractivity contribution >= 4 is 5.91 Å². The van der Waals surface area contributed by atoms with Crippen LogP contribution < -0.4 is 15.8 Å². The molecular formula is C22H28N2O2. The van der Waals surface area contributed by atoms with E-state index in [-0.39, 0.29) is 11.9 Å². The summed E-state index contributed by atoms with van der Waals surface area (Å²) in [5.41, 5.74) is 9.15. The van der Waals surface area contributed by atoms with E-state index < -0.39 is 0 Å². The second-order valence-corrected chi connectivity index (χ2v) is 7.14. The first kappa shape index (κ1) is 18.5. The van der Waals surface area contributed by atoms with Crippen molar-refractivity contribution in [1.29, 1.82) is 0 Å². The number of nitrogens with one attached hydrogen (secondary N) is 1. The maximum absolute atomic E-state index is 12.4. The molecule has 0 saturated heterocycles. The molecule has 138 valence electrons. The second kappa shape index (κ2) is 8.86. The number of ether oxygens (including phenoxy) is 1. The van der Waals surface area contributed by atoms with Gasteiger partial charge < -0.3 is 15.8 Å². The molecule has 1 saturated carbocycles. The Balaban J connectivity index is 1.55. The molecular weight excluding hydrogens is 324 g/mol. The Morgan fingerprint density at radius 1 is 1.19 bits per heavy atom. The predicted octanol–water partition coefficient (Wildman–Crippen LogP) is 3.36. The summed E-state index contributed by atoms with van der Waals surface area (Å²) in [4.78, 5) is 12.4. The molecule has 2 aromatic carbocycles. The van der Waals surface area contributed by atoms with E-state index in [0.29, 0.717) is 25.5 Å². The van der Waals surface area contributed by atoms with Crippen LogP contribution in [0.25, 0.3) is 0 Å². The molecule has 4 heteroatoms. The standard InChI is InChI=1S/C22H28N2O2/c1-16-6-2-3-8-19(16)15-26-20-10-4-7-17(12-20)13-22(25)24-21-11-5-9-18(21)14-23/h2-4,6-8,10,12,18,21H,5,9,11,13-15,23H2,1H3,(H,24,25). The lowest BCUT2D eigenvalue weighted by molar-refractivity contribution is -0.121. The number of rotatable bonds is 7. The summed E-state index contributed by atoms with van der Waals surface area (Å²) in [7, 11) is 0. The van der Waals surface area contributed by atoms with Crippen LogP contribution in [-0.2, 0) is 17.8 Å². The molecule has 26 heavy (non-hydrogen) atoms. The number of aryl methyl sites for hydroxylation is 1. The third-order valence-corrected chi connectivity index (χ3v) is 5.23. The summed E-state index contributed by atoms with van der Waals surface area (Å²) in [5.74, 6) is 1.27. The topological polar surface area (TPSA) is 64.3 Å². The summed E-state index contributed by atoms with van der Waals surface area (Å²) in [5, 5.41) is 3.15. The fourth-order valence-corrected chi connectivity index (χ4v) is 3.63. The van der Waals surface area contributed by atoms with Gasteiger partial charge in [-0.05, 0) is 61.1 Å². The van der Waals surface area contributed by atoms with Crippen molar-refractivity contribution in [1.82, 2.24) is 5.32 Å². The zero-order chi connectivity index (χ0) is 18.4. The Labute approximate surface area is 155 Å². The Bertz CT molecular complexity index is 744. The van der Waals surface area contributed by atoms with Crippen molar-refractivity contribution in [2.24, 2.45) is 11.7 Å². The Kier molecular flexibility index (Phi) is 6.29. The van der Waals surface area contributed by atoms with Crippen LogP contribution >= 0.6 is 0 Å². The van der Waals surface area contributed by atoms with Gasteiger partial charge in [-0.3, -0.25) is 4.79 Å². The first-order chi connectivity index (χ1) is 12.7. The van der Waals surface area contributed by atoms with Crippen LogP contribution in [0.3, 0.4) is 0 Å². The van der Waals surface area contributed by atoms with Gasteiger partial charge in [0.05, 0.1) is 6.42 Å². The first-order valence-corrected chi connectivity index (χ1v) is 9.41. The van der Waals surface area contributed by atoms with Gasteiger partial charge in [0.2, 0.25) is 5.91 Å². The third-order valence-electron chi connectivity index (χ3n) is 5.23. The molecule has 0 aromatic heterocycles. The average Bonchev–Trinajstić information content (AvgIpc) is 3.08. The lowest BCUT2D eigenvalue weighted by Crippen LogP contribution is -2.40. The highest BCUT2D eigenvalue weighted by Crippen LogP contribution is 2.24. The largest absolute Gasteiger partial charge is 0.489 e. The highest BCUT2D eigenvalue weighted by atomic mass is 16.5. The number of hydrogen-bond acceptors (Lipinski definition) is 3. The number of carbonyl (C=O) groups is 1. The van der Waals surface area contributed by atoms with Gasteiger partial charge in [-0.25, -0.2) is 0 Å². The molecule has 4 nitrogen and oxygen atoms in total. The normalized spacial score (nSPS) is 19.3. The van der Waals surface area contributed by atoms with Crippen LogP contribution in [0.15, 0.2) is 48.5 Å². The van der Waals surface area contributed by atoms with Crippen molar-refractivity contribution in [3.8, 4) is 5.75 Å². The zero-order valence-electron chi connectivity index (χ0n) is 15.4. The van der Waals surface area contributed by atoms with Gasteiger partial charge in [0.15, 0.2) is 0 Å². The van der Waals surface area contributed by atoms with Crippen LogP contribution in [0, 0.1) is 12.8 Å². The Morgan fingerprint density at radius 3 is 2.85 bits per heavy atom. The van der Waals surface area contributed by atoms with E-state index in [9.17, 15) is 4.79 Å². The fourth-order valence-electron chi connectivity index (χ4n) is 3.63. The van der Waals surface area contributed by atoms with E-state index in [0.717, 1.165) is 30.6 Å². The number of carbonyl (C=O) groups excluding carboxylic acids is 1. The summed E-state index contributed by atoms with van der Waals surface area (Å²) >= 11 is 0. The molecule has 1 aliphatic rings. The molecule has 0 spiro atoms. The van der Waals surface area contributed by atoms with Gasteiger partial charge in [0.1, 0.15) is 12.4 Å². The summed E-state index contributed by atoms with van der Waals surface area (Å²) < 4.78 is 5.91. The Hall–Kier alpha value is -2.33. The molecule has 0 bridgehead atoms. The van der Waals surface area contributed by atoms with Crippen LogP contribution in [0.1, 0.15) is 36.0 Å². The lowest BCUT2D eigenvalue weighted by Gasteiger charge is -2.19. The van der Waals surface area contributed by atoms with Gasteiger partial charge >= 0.3 is 0 Å². The molecule has 2 aromatic rings. The minimum Gasteiger partial charge on any atom is -0.489 e. The van der Waals surface area contributed by atoms with E-state index >= 15 is 0 Å². The van der Waals surface area contributed by atoms with Crippen molar-refractivity contribution < 1.29 is 9.53 Å². The first-order valence-electron chi connectivity index (χ1n) is 9.41. The maximum Gasteiger partial charge on any atom is 0.224 e. The molecule has 3 N–H and O–H groups in total. The number of benzene rings is 2. The maximum atomic E-state index is 12.4. The molecule has 0 radical (unpaired) electrons. The van der Waals surface area contributed by atoms with Crippen molar-refractivity contribution in [3.05, 3.63) is 65.2 Å². The number of nitrogens with two attached hydrogens (primary N) is 1. The highest BCUT2D eigenvalue weighted by molar-refractivity contribution is 5.79. The van der Waals surface area contributed by atoms with Gasteiger partial charge in [0, 0.05) is 6.04 Å². The minimum absolute atomic E-state index is 0.0615. The van der Waals surface area contributed by atoms with E-state index in [1.54, 1.807) is 0 Å². The smallest absolute Gasteiger partial charge is 0.224 e. The lowest BCUT2D eigenvalue weighted by atomic mass is 10.0. The molecule has 1 aliphatic carbocycles. The molecule has 2 atom stereocenters. The zero-order valence-corrected chi connectivity index (χ0v) is 15.4. The number of hydrogen-bond donors (Lipinski definition) is 2. The van der Waals surface area contributed by atoms with Crippen LogP contribution in [0.2, 0.25) is 0 Å². The van der Waals surface area contributed by atoms with E-state index in [1.165, 1.54) is 11.1 Å². The van der Waals surface area contributed by atoms with Gasteiger partial charge in [0.25, 0.3) is 0 Å². The molecule has 0 heterocycles. The molecule has 3 rings (SSSR count). The second-order valence-electron chi connectivity index (χ2n) is 7.14. The SMILES string of the molecule is Cc1ccccc1COc1cccc(CC(=O)NC2CCCC2CN)c1. The summed E-state index contributed by atoms with van der Waals surface area (Å²) in [6, 6.07) is 16.2.